The van der Waals surface area contributed by atoms with E-state index in [0.717, 1.165) is 31.9 Å². The van der Waals surface area contributed by atoms with Gasteiger partial charge in [0.1, 0.15) is 12.3 Å². The lowest BCUT2D eigenvalue weighted by Gasteiger charge is -2.38. The lowest BCUT2D eigenvalue weighted by molar-refractivity contribution is -0.144. The van der Waals surface area contributed by atoms with Crippen molar-refractivity contribution in [1.82, 2.24) is 25.1 Å². The molecule has 27 heavy (non-hydrogen) atoms. The molecule has 3 rings (SSSR count). The van der Waals surface area contributed by atoms with Gasteiger partial charge in [0, 0.05) is 31.9 Å². The molecule has 1 aromatic carbocycles. The van der Waals surface area contributed by atoms with Gasteiger partial charge in [-0.15, -0.1) is 5.10 Å². The molecule has 1 atom stereocenters. The zero-order valence-electron chi connectivity index (χ0n) is 16.0. The second kappa shape index (κ2) is 8.81. The molecule has 0 saturated carbocycles. The molecule has 0 radical (unpaired) electrons. The minimum absolute atomic E-state index is 0.0208. The summed E-state index contributed by atoms with van der Waals surface area (Å²) in [5, 5.41) is 11.8. The van der Waals surface area contributed by atoms with Crippen LogP contribution in [0.4, 0.5) is 5.69 Å². The quantitative estimate of drug-likeness (QED) is 0.667. The normalized spacial score (nSPS) is 16.2. The third-order valence-corrected chi connectivity index (χ3v) is 4.82. The first-order valence-electron chi connectivity index (χ1n) is 9.17. The smallest absolute Gasteiger partial charge is 0.327 e. The Morgan fingerprint density at radius 1 is 1.19 bits per heavy atom. The number of carbonyl (C=O) groups is 1. The number of benzene rings is 1. The SMILES string of the molecule is CCOC(=O)Cn1nnnc1C(C)N1CCN(c2ccc(OC)cc2)CC1. The van der Waals surface area contributed by atoms with Crippen LogP contribution in [0.2, 0.25) is 0 Å². The third-order valence-electron chi connectivity index (χ3n) is 4.82. The second-order valence-corrected chi connectivity index (χ2v) is 6.40. The van der Waals surface area contributed by atoms with Gasteiger partial charge in [0.15, 0.2) is 5.82 Å². The van der Waals surface area contributed by atoms with Gasteiger partial charge < -0.3 is 14.4 Å². The number of tetrazole rings is 1. The number of rotatable bonds is 7. The van der Waals surface area contributed by atoms with E-state index in [1.807, 2.05) is 12.1 Å². The summed E-state index contributed by atoms with van der Waals surface area (Å²) in [7, 11) is 1.67. The number of hydrogen-bond donors (Lipinski definition) is 0. The van der Waals surface area contributed by atoms with Gasteiger partial charge in [0.05, 0.1) is 19.8 Å². The first-order valence-corrected chi connectivity index (χ1v) is 9.17. The van der Waals surface area contributed by atoms with E-state index in [4.69, 9.17) is 9.47 Å². The molecule has 0 amide bonds. The maximum atomic E-state index is 11.7. The highest BCUT2D eigenvalue weighted by Gasteiger charge is 2.26. The van der Waals surface area contributed by atoms with Gasteiger partial charge >= 0.3 is 5.97 Å². The van der Waals surface area contributed by atoms with E-state index in [2.05, 4.69) is 44.4 Å². The van der Waals surface area contributed by atoms with Crippen molar-refractivity contribution < 1.29 is 14.3 Å². The topological polar surface area (TPSA) is 85.6 Å². The Balaban J connectivity index is 1.59. The summed E-state index contributed by atoms with van der Waals surface area (Å²) in [5.74, 6) is 1.21. The van der Waals surface area contributed by atoms with Gasteiger partial charge in [0.2, 0.25) is 0 Å². The minimum Gasteiger partial charge on any atom is -0.497 e. The highest BCUT2D eigenvalue weighted by Crippen LogP contribution is 2.24. The lowest BCUT2D eigenvalue weighted by atomic mass is 10.2. The molecule has 9 heteroatoms. The van der Waals surface area contributed by atoms with Crippen molar-refractivity contribution in [2.24, 2.45) is 0 Å². The number of esters is 1. The van der Waals surface area contributed by atoms with E-state index in [-0.39, 0.29) is 18.6 Å². The summed E-state index contributed by atoms with van der Waals surface area (Å²) in [6.45, 7) is 7.83. The monoisotopic (exact) mass is 374 g/mol. The van der Waals surface area contributed by atoms with E-state index in [1.165, 1.54) is 10.4 Å². The Labute approximate surface area is 158 Å². The first-order chi connectivity index (χ1) is 13.1. The van der Waals surface area contributed by atoms with Crippen LogP contribution in [0.5, 0.6) is 5.75 Å². The average molecular weight is 374 g/mol. The Kier molecular flexibility index (Phi) is 6.23. The molecule has 2 aromatic rings. The van der Waals surface area contributed by atoms with Gasteiger partial charge in [-0.25, -0.2) is 4.68 Å². The van der Waals surface area contributed by atoms with Crippen LogP contribution in [0.25, 0.3) is 0 Å². The van der Waals surface area contributed by atoms with E-state index in [1.54, 1.807) is 14.0 Å². The number of carbonyl (C=O) groups excluding carboxylic acids is 1. The van der Waals surface area contributed by atoms with Gasteiger partial charge in [0.25, 0.3) is 0 Å². The van der Waals surface area contributed by atoms with Gasteiger partial charge in [-0.3, -0.25) is 9.69 Å². The number of hydrogen-bond acceptors (Lipinski definition) is 8. The Morgan fingerprint density at radius 3 is 2.52 bits per heavy atom. The summed E-state index contributed by atoms with van der Waals surface area (Å²) in [5.41, 5.74) is 1.19. The summed E-state index contributed by atoms with van der Waals surface area (Å²) in [6.07, 6.45) is 0. The molecule has 9 nitrogen and oxygen atoms in total. The first kappa shape index (κ1) is 19.1. The highest BCUT2D eigenvalue weighted by atomic mass is 16.5. The van der Waals surface area contributed by atoms with Crippen molar-refractivity contribution in [3.63, 3.8) is 0 Å². The molecular weight excluding hydrogens is 348 g/mol. The Bertz CT molecular complexity index is 740. The van der Waals surface area contributed by atoms with E-state index in [0.29, 0.717) is 12.4 Å². The van der Waals surface area contributed by atoms with Crippen LogP contribution < -0.4 is 9.64 Å². The van der Waals surface area contributed by atoms with Gasteiger partial charge in [-0.1, -0.05) is 0 Å². The van der Waals surface area contributed by atoms with Crippen LogP contribution in [0.15, 0.2) is 24.3 Å². The molecule has 1 fully saturated rings. The van der Waals surface area contributed by atoms with Gasteiger partial charge in [-0.2, -0.15) is 0 Å². The zero-order chi connectivity index (χ0) is 19.2. The molecule has 1 unspecified atom stereocenters. The molecular formula is C18H26N6O3. The molecule has 146 valence electrons. The van der Waals surface area contributed by atoms with E-state index in [9.17, 15) is 4.79 Å². The predicted molar refractivity (Wildman–Crippen MR) is 99.6 cm³/mol. The molecule has 2 heterocycles. The maximum absolute atomic E-state index is 11.7. The fourth-order valence-corrected chi connectivity index (χ4v) is 3.28. The van der Waals surface area contributed by atoms with Crippen molar-refractivity contribution in [1.29, 1.82) is 0 Å². The molecule has 0 aliphatic carbocycles. The fraction of sp³-hybridized carbons (Fsp3) is 0.556. The second-order valence-electron chi connectivity index (χ2n) is 6.40. The number of aromatic nitrogens is 4. The van der Waals surface area contributed by atoms with Crippen molar-refractivity contribution in [2.45, 2.75) is 26.4 Å². The maximum Gasteiger partial charge on any atom is 0.327 e. The Morgan fingerprint density at radius 2 is 1.89 bits per heavy atom. The van der Waals surface area contributed by atoms with Crippen LogP contribution in [0, 0.1) is 0 Å². The summed E-state index contributed by atoms with van der Waals surface area (Å²) in [4.78, 5) is 16.4. The Hall–Kier alpha value is -2.68. The summed E-state index contributed by atoms with van der Waals surface area (Å²) in [6, 6.07) is 8.14. The molecule has 0 N–H and O–H groups in total. The number of methoxy groups -OCH3 is 1. The number of ether oxygens (including phenoxy) is 2. The molecule has 1 aliphatic rings. The van der Waals surface area contributed by atoms with Crippen molar-refractivity contribution in [3.8, 4) is 5.75 Å². The zero-order valence-corrected chi connectivity index (χ0v) is 16.0. The summed E-state index contributed by atoms with van der Waals surface area (Å²) < 4.78 is 11.7. The molecule has 0 bridgehead atoms. The van der Waals surface area contributed by atoms with Crippen LogP contribution in [0.3, 0.4) is 0 Å². The van der Waals surface area contributed by atoms with E-state index < -0.39 is 0 Å². The number of anilines is 1. The third kappa shape index (κ3) is 4.54. The largest absolute Gasteiger partial charge is 0.497 e. The molecule has 1 saturated heterocycles. The predicted octanol–water partition coefficient (Wildman–Crippen LogP) is 1.13. The van der Waals surface area contributed by atoms with Crippen LogP contribution in [-0.4, -0.2) is 71.0 Å². The van der Waals surface area contributed by atoms with Crippen LogP contribution in [-0.2, 0) is 16.1 Å². The molecule has 0 spiro atoms. The molecule has 1 aromatic heterocycles. The standard InChI is InChI=1S/C18H26N6O3/c1-4-27-17(25)13-24-18(19-20-21-24)14(2)22-9-11-23(12-10-22)15-5-7-16(26-3)8-6-15/h5-8,14H,4,9-13H2,1-3H3. The molecule has 1 aliphatic heterocycles. The number of piperazine rings is 1. The average Bonchev–Trinajstić information content (AvgIpc) is 3.16. The van der Waals surface area contributed by atoms with Gasteiger partial charge in [-0.05, 0) is 48.5 Å². The fourth-order valence-electron chi connectivity index (χ4n) is 3.28. The van der Waals surface area contributed by atoms with Crippen molar-refractivity contribution in [2.75, 3.05) is 44.8 Å². The minimum atomic E-state index is -0.331. The highest BCUT2D eigenvalue weighted by molar-refractivity contribution is 5.69. The summed E-state index contributed by atoms with van der Waals surface area (Å²) >= 11 is 0. The van der Waals surface area contributed by atoms with Crippen LogP contribution in [0.1, 0.15) is 25.7 Å². The van der Waals surface area contributed by atoms with Crippen LogP contribution >= 0.6 is 0 Å². The van der Waals surface area contributed by atoms with Crippen molar-refractivity contribution in [3.05, 3.63) is 30.1 Å². The van der Waals surface area contributed by atoms with E-state index >= 15 is 0 Å². The van der Waals surface area contributed by atoms with Crippen molar-refractivity contribution >= 4 is 11.7 Å². The number of nitrogens with zero attached hydrogens (tertiary/aromatic N) is 6. The lowest BCUT2D eigenvalue weighted by Crippen LogP contribution is -2.47.